The molecule has 1 aliphatic heterocycles. The highest BCUT2D eigenvalue weighted by atomic mass is 19.4. The molecule has 60 heavy (non-hydrogen) atoms. The molecule has 5 aromatic carbocycles. The van der Waals surface area contributed by atoms with Crippen LogP contribution >= 0.6 is 0 Å². The smallest absolute Gasteiger partial charge is 0.385 e. The van der Waals surface area contributed by atoms with E-state index >= 15 is 0 Å². The number of aliphatic imine (C=N–C) groups is 1. The number of alkyl halides is 10. The Morgan fingerprint density at radius 3 is 1.60 bits per heavy atom. The summed E-state index contributed by atoms with van der Waals surface area (Å²) in [6, 6.07) is 39.4. The summed E-state index contributed by atoms with van der Waals surface area (Å²) in [5.41, 5.74) is 5.87. The van der Waals surface area contributed by atoms with Crippen LogP contribution in [0.1, 0.15) is 39.1 Å². The average molecular weight is 835 g/mol. The van der Waals surface area contributed by atoms with Crippen LogP contribution in [-0.4, -0.2) is 54.9 Å². The largest absolute Gasteiger partial charge is 0.598 e. The van der Waals surface area contributed by atoms with Crippen molar-refractivity contribution in [3.05, 3.63) is 179 Å². The van der Waals surface area contributed by atoms with Gasteiger partial charge < -0.3 is 13.8 Å². The van der Waals surface area contributed by atoms with E-state index in [9.17, 15) is 43.9 Å². The van der Waals surface area contributed by atoms with Crippen LogP contribution in [0.2, 0.25) is 0 Å². The Morgan fingerprint density at radius 1 is 0.550 bits per heavy atom. The van der Waals surface area contributed by atoms with Gasteiger partial charge in [0.25, 0.3) is 0 Å². The molecule has 0 N–H and O–H groups in total. The predicted octanol–water partition coefficient (Wildman–Crippen LogP) is 12.5. The molecule has 0 unspecified atom stereocenters. The molecular weight excluding hydrogens is 801 g/mol. The van der Waals surface area contributed by atoms with Gasteiger partial charge in [0.15, 0.2) is 0 Å². The van der Waals surface area contributed by atoms with Crippen LogP contribution in [0.4, 0.5) is 43.9 Å². The highest BCUT2D eigenvalue weighted by Gasteiger charge is 2.60. The number of benzene rings is 5. The lowest BCUT2D eigenvalue weighted by molar-refractivity contribution is -0.295. The van der Waals surface area contributed by atoms with Crippen LogP contribution in [0.3, 0.4) is 0 Å². The summed E-state index contributed by atoms with van der Waals surface area (Å²) < 4.78 is 152. The maximum absolute atomic E-state index is 14.7. The van der Waals surface area contributed by atoms with E-state index in [1.165, 1.54) is 18.2 Å². The quantitative estimate of drug-likeness (QED) is 0.0909. The van der Waals surface area contributed by atoms with Crippen LogP contribution in [0, 0.1) is 13.8 Å². The fraction of sp³-hybridized carbons (Fsp3) is 0.178. The summed E-state index contributed by atoms with van der Waals surface area (Å²) in [7, 11) is -2.74. The zero-order chi connectivity index (χ0) is 43.0. The molecule has 6 aromatic rings. The lowest BCUT2D eigenvalue weighted by Gasteiger charge is -2.28. The van der Waals surface area contributed by atoms with Crippen LogP contribution in [0.5, 0.6) is 0 Å². The number of aryl methyl sites for hydroxylation is 2. The molecule has 0 atom stereocenters. The molecule has 7 rings (SSSR count). The summed E-state index contributed by atoms with van der Waals surface area (Å²) in [6.07, 6.45) is -12.4. The van der Waals surface area contributed by atoms with E-state index in [1.807, 2.05) is 37.3 Å². The van der Waals surface area contributed by atoms with E-state index in [0.29, 0.717) is 39.1 Å². The zero-order valence-corrected chi connectivity index (χ0v) is 31.8. The molecular formula is C45H33BF10N2O2. The van der Waals surface area contributed by atoms with Gasteiger partial charge in [-0.15, -0.1) is 0 Å². The first-order chi connectivity index (χ1) is 28.4. The van der Waals surface area contributed by atoms with E-state index in [0.717, 1.165) is 10.0 Å². The molecule has 0 amide bonds. The minimum Gasteiger partial charge on any atom is -0.385 e. The molecule has 0 spiro atoms. The predicted molar refractivity (Wildman–Crippen MR) is 211 cm³/mol. The van der Waals surface area contributed by atoms with E-state index in [-0.39, 0.29) is 33.8 Å². The van der Waals surface area contributed by atoms with Gasteiger partial charge in [-0.05, 0) is 42.2 Å². The number of aromatic nitrogens is 1. The molecule has 1 aliphatic rings. The van der Waals surface area contributed by atoms with Gasteiger partial charge in [-0.2, -0.15) is 43.9 Å². The summed E-state index contributed by atoms with van der Waals surface area (Å²) in [5.74, 6) is -11.2. The van der Waals surface area contributed by atoms with Crippen molar-refractivity contribution in [2.45, 2.75) is 38.0 Å². The highest BCUT2D eigenvalue weighted by Crippen LogP contribution is 2.47. The molecule has 2 heterocycles. The van der Waals surface area contributed by atoms with Crippen LogP contribution in [0.25, 0.3) is 33.7 Å². The number of rotatable bonds is 12. The van der Waals surface area contributed by atoms with Crippen LogP contribution in [0.15, 0.2) is 145 Å². The molecule has 0 radical (unpaired) electrons. The standard InChI is InChI=1S/C45H33BF10N2O2/c1-28-21-23-32(24-22-28)39-34-19-11-12-20-35(34)40(57-39)38(33-18-10-9-13-29(33)2)41-36(30-14-5-3-6-15-30)25-37(31-16-7-4-8-17-31)58(41)46(59-26-42(47,48)44(51,52)53)60-27-43(49,50)45(54,55)56/h3-25H,26-27H2,1-2H3/b40-38-. The van der Waals surface area contributed by atoms with E-state index in [1.54, 1.807) is 97.9 Å². The van der Waals surface area contributed by atoms with Crippen molar-refractivity contribution in [3.8, 4) is 22.4 Å². The Bertz CT molecular complexity index is 2520. The average Bonchev–Trinajstić information content (AvgIpc) is 3.79. The van der Waals surface area contributed by atoms with Gasteiger partial charge in [-0.1, -0.05) is 139 Å². The Hall–Kier alpha value is -5.93. The lowest BCUT2D eigenvalue weighted by atomic mass is 9.88. The van der Waals surface area contributed by atoms with Gasteiger partial charge in [-0.25, -0.2) is 4.99 Å². The maximum atomic E-state index is 14.7. The SMILES string of the molecule is Cc1ccc(C2=N/C(=C(/c3ccccc3C)c3c(-c4ccccc4)cc(-c4ccccc4)n3B(OCC(F)(F)C(F)(F)F)OCC(F)(F)C(F)(F)F)c3ccccc32)cc1. The number of halogens is 10. The van der Waals surface area contributed by atoms with Crippen LogP contribution in [-0.2, 0) is 9.31 Å². The minimum absolute atomic E-state index is 0.0409. The number of hydrogen-bond donors (Lipinski definition) is 0. The van der Waals surface area contributed by atoms with Gasteiger partial charge in [0, 0.05) is 33.5 Å². The van der Waals surface area contributed by atoms with Gasteiger partial charge in [-0.3, -0.25) is 0 Å². The van der Waals surface area contributed by atoms with E-state index in [2.05, 4.69) is 0 Å². The maximum Gasteiger partial charge on any atom is 0.598 e. The summed E-state index contributed by atoms with van der Waals surface area (Å²) in [5, 5.41) is 0. The molecule has 1 aromatic heterocycles. The molecule has 0 fully saturated rings. The van der Waals surface area contributed by atoms with Gasteiger partial charge in [0.1, 0.15) is 13.2 Å². The number of nitrogens with zero attached hydrogens (tertiary/aromatic N) is 2. The Balaban J connectivity index is 1.63. The fourth-order valence-corrected chi connectivity index (χ4v) is 6.85. The van der Waals surface area contributed by atoms with Crippen molar-refractivity contribution in [2.24, 2.45) is 4.99 Å². The van der Waals surface area contributed by atoms with Crippen molar-refractivity contribution in [1.82, 2.24) is 4.48 Å². The summed E-state index contributed by atoms with van der Waals surface area (Å²) in [6.45, 7) is -1.33. The molecule has 0 aliphatic carbocycles. The van der Waals surface area contributed by atoms with Gasteiger partial charge in [0.05, 0.1) is 17.1 Å². The summed E-state index contributed by atoms with van der Waals surface area (Å²) in [4.78, 5) is 5.17. The zero-order valence-electron chi connectivity index (χ0n) is 31.8. The Labute approximate surface area is 338 Å². The Kier molecular flexibility index (Phi) is 11.4. The summed E-state index contributed by atoms with van der Waals surface area (Å²) >= 11 is 0. The van der Waals surface area contributed by atoms with Crippen molar-refractivity contribution < 1.29 is 53.2 Å². The molecule has 0 bridgehead atoms. The second kappa shape index (κ2) is 16.3. The molecule has 4 nitrogen and oxygen atoms in total. The van der Waals surface area contributed by atoms with Gasteiger partial charge >= 0.3 is 31.5 Å². The molecule has 15 heteroatoms. The fourth-order valence-electron chi connectivity index (χ4n) is 6.85. The first kappa shape index (κ1) is 42.2. The topological polar surface area (TPSA) is 35.8 Å². The second-order valence-corrected chi connectivity index (χ2v) is 14.1. The third kappa shape index (κ3) is 8.28. The Morgan fingerprint density at radius 2 is 1.05 bits per heavy atom. The number of fused-ring (bicyclic) bond motifs is 1. The van der Waals surface area contributed by atoms with Gasteiger partial charge in [0.2, 0.25) is 0 Å². The highest BCUT2D eigenvalue weighted by molar-refractivity contribution is 6.44. The number of hydrogen-bond acceptors (Lipinski definition) is 3. The lowest BCUT2D eigenvalue weighted by Crippen LogP contribution is -2.48. The van der Waals surface area contributed by atoms with Crippen molar-refractivity contribution in [3.63, 3.8) is 0 Å². The van der Waals surface area contributed by atoms with Crippen molar-refractivity contribution in [1.29, 1.82) is 0 Å². The second-order valence-electron chi connectivity index (χ2n) is 14.1. The molecule has 0 saturated carbocycles. The van der Waals surface area contributed by atoms with Crippen molar-refractivity contribution >= 4 is 24.2 Å². The molecule has 308 valence electrons. The third-order valence-electron chi connectivity index (χ3n) is 9.92. The first-order valence-corrected chi connectivity index (χ1v) is 18.4. The normalized spacial score (nSPS) is 14.2. The first-order valence-electron chi connectivity index (χ1n) is 18.4. The molecule has 0 saturated heterocycles. The van der Waals surface area contributed by atoms with Crippen molar-refractivity contribution in [2.75, 3.05) is 13.2 Å². The third-order valence-corrected chi connectivity index (χ3v) is 9.92. The monoisotopic (exact) mass is 834 g/mol. The van der Waals surface area contributed by atoms with E-state index < -0.39 is 44.7 Å². The minimum atomic E-state index is -6.19. The van der Waals surface area contributed by atoms with Crippen LogP contribution < -0.4 is 0 Å². The van der Waals surface area contributed by atoms with E-state index in [4.69, 9.17) is 14.3 Å².